The van der Waals surface area contributed by atoms with Crippen molar-refractivity contribution in [2.24, 2.45) is 0 Å². The maximum Gasteiger partial charge on any atom is 0.223 e. The molecular formula is C20H32N4O2S2. The zero-order chi connectivity index (χ0) is 20.0. The number of likely N-dealkylation sites (tertiary alicyclic amines) is 1. The molecule has 0 atom stereocenters. The van der Waals surface area contributed by atoms with E-state index in [1.807, 2.05) is 6.08 Å². The summed E-state index contributed by atoms with van der Waals surface area (Å²) in [7, 11) is 1.77. The summed E-state index contributed by atoms with van der Waals surface area (Å²) in [5, 5.41) is 11.3. The summed E-state index contributed by atoms with van der Waals surface area (Å²) in [6.07, 6.45) is 9.59. The Morgan fingerprint density at radius 2 is 2.18 bits per heavy atom. The Bertz CT molecular complexity index is 627. The van der Waals surface area contributed by atoms with Crippen LogP contribution in [0.3, 0.4) is 0 Å². The number of thiocarbonyl (C=S) groups is 1. The van der Waals surface area contributed by atoms with Crippen molar-refractivity contribution in [3.8, 4) is 5.75 Å². The maximum absolute atomic E-state index is 11.7. The zero-order valence-electron chi connectivity index (χ0n) is 16.7. The van der Waals surface area contributed by atoms with Gasteiger partial charge in [-0.3, -0.25) is 9.69 Å². The summed E-state index contributed by atoms with van der Waals surface area (Å²) < 4.78 is 5.80. The molecule has 1 amide bonds. The number of thiophene rings is 1. The molecule has 1 aliphatic rings. The fourth-order valence-electron chi connectivity index (χ4n) is 2.95. The number of amides is 1. The molecule has 8 heteroatoms. The van der Waals surface area contributed by atoms with Crippen LogP contribution in [0.15, 0.2) is 23.7 Å². The molecule has 0 bridgehead atoms. The van der Waals surface area contributed by atoms with E-state index >= 15 is 0 Å². The van der Waals surface area contributed by atoms with Crippen molar-refractivity contribution in [3.63, 3.8) is 0 Å². The molecule has 3 N–H and O–H groups in total. The van der Waals surface area contributed by atoms with Gasteiger partial charge in [0.15, 0.2) is 5.11 Å². The first-order valence-corrected chi connectivity index (χ1v) is 11.3. The summed E-state index contributed by atoms with van der Waals surface area (Å²) in [5.74, 6) is 0.955. The first-order chi connectivity index (χ1) is 13.7. The number of hydrogen-bond donors (Lipinski definition) is 3. The second kappa shape index (κ2) is 13.5. The molecule has 0 spiro atoms. The third kappa shape index (κ3) is 9.52. The molecule has 1 aromatic heterocycles. The Balaban J connectivity index is 1.51. The van der Waals surface area contributed by atoms with E-state index in [-0.39, 0.29) is 5.91 Å². The van der Waals surface area contributed by atoms with Crippen LogP contribution in [0.4, 0.5) is 0 Å². The van der Waals surface area contributed by atoms with Gasteiger partial charge in [-0.05, 0) is 56.8 Å². The molecule has 1 saturated heterocycles. The molecule has 1 fully saturated rings. The van der Waals surface area contributed by atoms with Crippen LogP contribution in [-0.2, 0) is 11.3 Å². The highest BCUT2D eigenvalue weighted by atomic mass is 32.1. The summed E-state index contributed by atoms with van der Waals surface area (Å²) in [4.78, 5) is 15.6. The summed E-state index contributed by atoms with van der Waals surface area (Å²) in [6, 6.07) is 2.15. The number of piperidine rings is 1. The molecule has 1 aliphatic heterocycles. The highest BCUT2D eigenvalue weighted by Crippen LogP contribution is 2.24. The van der Waals surface area contributed by atoms with Crippen LogP contribution in [-0.4, -0.2) is 49.2 Å². The fraction of sp³-hybridized carbons (Fsp3) is 0.600. The minimum Gasteiger partial charge on any atom is -0.492 e. The highest BCUT2D eigenvalue weighted by molar-refractivity contribution is 7.80. The van der Waals surface area contributed by atoms with E-state index in [1.54, 1.807) is 24.6 Å². The van der Waals surface area contributed by atoms with Crippen LogP contribution in [0.25, 0.3) is 0 Å². The number of nitrogens with one attached hydrogen (secondary N) is 3. The molecule has 0 saturated carbocycles. The Hall–Kier alpha value is -1.64. The van der Waals surface area contributed by atoms with Gasteiger partial charge < -0.3 is 20.7 Å². The van der Waals surface area contributed by atoms with Crippen LogP contribution < -0.4 is 20.7 Å². The van der Waals surface area contributed by atoms with Crippen molar-refractivity contribution in [1.29, 1.82) is 0 Å². The molecule has 0 aromatic carbocycles. The predicted molar refractivity (Wildman–Crippen MR) is 120 cm³/mol. The van der Waals surface area contributed by atoms with E-state index in [9.17, 15) is 4.79 Å². The van der Waals surface area contributed by atoms with Crippen molar-refractivity contribution >= 4 is 34.6 Å². The standard InChI is InChI=1S/C20H32N4O2S2/c1-21-20(27)23-10-7-8-19(25)22-9-3-6-13-26-17-14-18(28-16-17)15-24-11-4-2-5-12-24/h3,9,14,16H,2,4-8,10-13,15H2,1H3,(H,22,25)(H2,21,23,27)/b9-3-. The summed E-state index contributed by atoms with van der Waals surface area (Å²) in [6.45, 7) is 4.76. The number of carbonyl (C=O) groups excluding carboxylic acids is 1. The molecule has 6 nitrogen and oxygen atoms in total. The number of hydrogen-bond acceptors (Lipinski definition) is 5. The number of rotatable bonds is 11. The molecule has 1 aromatic rings. The molecule has 28 heavy (non-hydrogen) atoms. The topological polar surface area (TPSA) is 65.6 Å². The molecule has 2 heterocycles. The van der Waals surface area contributed by atoms with Gasteiger partial charge in [-0.15, -0.1) is 11.3 Å². The second-order valence-corrected chi connectivity index (χ2v) is 8.21. The van der Waals surface area contributed by atoms with Gasteiger partial charge in [0.25, 0.3) is 0 Å². The lowest BCUT2D eigenvalue weighted by Gasteiger charge is -2.25. The molecule has 2 rings (SSSR count). The Morgan fingerprint density at radius 1 is 1.36 bits per heavy atom. The van der Waals surface area contributed by atoms with Crippen LogP contribution in [0.1, 0.15) is 43.4 Å². The van der Waals surface area contributed by atoms with Gasteiger partial charge in [0.1, 0.15) is 5.75 Å². The third-order valence-electron chi connectivity index (χ3n) is 4.47. The largest absolute Gasteiger partial charge is 0.492 e. The monoisotopic (exact) mass is 424 g/mol. The average Bonchev–Trinajstić information content (AvgIpc) is 3.15. The fourth-order valence-corrected chi connectivity index (χ4v) is 3.90. The Morgan fingerprint density at radius 3 is 2.96 bits per heavy atom. The van der Waals surface area contributed by atoms with Crippen LogP contribution in [0.2, 0.25) is 0 Å². The summed E-state index contributed by atoms with van der Waals surface area (Å²) in [5.41, 5.74) is 0. The lowest BCUT2D eigenvalue weighted by atomic mass is 10.1. The normalized spacial score (nSPS) is 14.8. The second-order valence-electron chi connectivity index (χ2n) is 6.80. The number of nitrogens with zero attached hydrogens (tertiary/aromatic N) is 1. The van der Waals surface area contributed by atoms with Gasteiger partial charge in [-0.25, -0.2) is 0 Å². The minimum atomic E-state index is 0.00883. The van der Waals surface area contributed by atoms with E-state index in [2.05, 4.69) is 32.3 Å². The lowest BCUT2D eigenvalue weighted by molar-refractivity contribution is -0.120. The van der Waals surface area contributed by atoms with Crippen LogP contribution in [0.5, 0.6) is 5.75 Å². The molecule has 0 unspecified atom stereocenters. The first-order valence-electron chi connectivity index (χ1n) is 10.00. The zero-order valence-corrected chi connectivity index (χ0v) is 18.3. The first kappa shape index (κ1) is 22.6. The van der Waals surface area contributed by atoms with Gasteiger partial charge in [-0.1, -0.05) is 12.5 Å². The van der Waals surface area contributed by atoms with Crippen molar-refractivity contribution in [2.45, 2.75) is 45.1 Å². The molecule has 156 valence electrons. The SMILES string of the molecule is CNC(=S)NCCCC(=O)N/C=C\CCOc1csc(CN2CCCCC2)c1. The van der Waals surface area contributed by atoms with Gasteiger partial charge in [-0.2, -0.15) is 0 Å². The quantitative estimate of drug-likeness (QED) is 0.375. The van der Waals surface area contributed by atoms with Gasteiger partial charge in [0, 0.05) is 43.2 Å². The third-order valence-corrected chi connectivity index (χ3v) is 5.71. The van der Waals surface area contributed by atoms with E-state index in [0.717, 1.165) is 25.1 Å². The number of ether oxygens (including phenoxy) is 1. The van der Waals surface area contributed by atoms with Crippen LogP contribution in [0, 0.1) is 0 Å². The summed E-state index contributed by atoms with van der Waals surface area (Å²) >= 11 is 6.74. The number of carbonyl (C=O) groups is 1. The molecule has 0 aliphatic carbocycles. The van der Waals surface area contributed by atoms with E-state index in [4.69, 9.17) is 17.0 Å². The Kier molecular flexibility index (Phi) is 10.9. The van der Waals surface area contributed by atoms with Gasteiger partial charge >= 0.3 is 0 Å². The van der Waals surface area contributed by atoms with E-state index < -0.39 is 0 Å². The minimum absolute atomic E-state index is 0.00883. The van der Waals surface area contributed by atoms with E-state index in [1.165, 1.54) is 37.2 Å². The van der Waals surface area contributed by atoms with Gasteiger partial charge in [0.05, 0.1) is 6.61 Å². The smallest absolute Gasteiger partial charge is 0.223 e. The van der Waals surface area contributed by atoms with Crippen LogP contribution >= 0.6 is 23.6 Å². The van der Waals surface area contributed by atoms with Gasteiger partial charge in [0.2, 0.25) is 5.91 Å². The molecule has 0 radical (unpaired) electrons. The van der Waals surface area contributed by atoms with Crippen molar-refractivity contribution in [2.75, 3.05) is 33.3 Å². The lowest BCUT2D eigenvalue weighted by Crippen LogP contribution is -2.33. The van der Waals surface area contributed by atoms with Crippen molar-refractivity contribution in [3.05, 3.63) is 28.6 Å². The van der Waals surface area contributed by atoms with Crippen molar-refractivity contribution in [1.82, 2.24) is 20.9 Å². The Labute approximate surface area is 177 Å². The van der Waals surface area contributed by atoms with E-state index in [0.29, 0.717) is 24.7 Å². The predicted octanol–water partition coefficient (Wildman–Crippen LogP) is 3.01. The maximum atomic E-state index is 11.7. The highest BCUT2D eigenvalue weighted by Gasteiger charge is 2.11. The average molecular weight is 425 g/mol. The van der Waals surface area contributed by atoms with Crippen molar-refractivity contribution < 1.29 is 9.53 Å². The molecular weight excluding hydrogens is 392 g/mol.